The van der Waals surface area contributed by atoms with E-state index in [-0.39, 0.29) is 10.8 Å². The van der Waals surface area contributed by atoms with Crippen molar-refractivity contribution in [1.29, 1.82) is 0 Å². The molecule has 1 heterocycles. The first-order chi connectivity index (χ1) is 11.9. The number of carbonyl (C=O) groups excluding carboxylic acids is 1. The van der Waals surface area contributed by atoms with E-state index in [0.29, 0.717) is 11.3 Å². The molecule has 25 heavy (non-hydrogen) atoms. The highest BCUT2D eigenvalue weighted by Crippen LogP contribution is 2.20. The van der Waals surface area contributed by atoms with Crippen LogP contribution in [0, 0.1) is 13.8 Å². The third-order valence-electron chi connectivity index (χ3n) is 4.56. The molecule has 5 nitrogen and oxygen atoms in total. The zero-order chi connectivity index (χ0) is 18.0. The largest absolute Gasteiger partial charge is 0.339 e. The monoisotopic (exact) mass is 358 g/mol. The van der Waals surface area contributed by atoms with Gasteiger partial charge in [0.05, 0.1) is 4.90 Å². The number of carbonyl (C=O) groups is 1. The second-order valence-electron chi connectivity index (χ2n) is 6.43. The number of sulfonamides is 1. The quantitative estimate of drug-likeness (QED) is 0.911. The van der Waals surface area contributed by atoms with Crippen LogP contribution in [0.15, 0.2) is 47.4 Å². The van der Waals surface area contributed by atoms with E-state index >= 15 is 0 Å². The average Bonchev–Trinajstić information content (AvgIpc) is 3.12. The van der Waals surface area contributed by atoms with Gasteiger partial charge in [-0.1, -0.05) is 6.07 Å². The van der Waals surface area contributed by atoms with Gasteiger partial charge in [0.2, 0.25) is 0 Å². The van der Waals surface area contributed by atoms with E-state index in [0.717, 1.165) is 37.1 Å². The Balaban J connectivity index is 1.78. The van der Waals surface area contributed by atoms with Crippen LogP contribution in [-0.2, 0) is 10.0 Å². The molecule has 0 bridgehead atoms. The van der Waals surface area contributed by atoms with Crippen LogP contribution in [0.5, 0.6) is 0 Å². The number of aryl methyl sites for hydroxylation is 2. The molecule has 1 amide bonds. The van der Waals surface area contributed by atoms with Crippen molar-refractivity contribution in [1.82, 2.24) is 4.90 Å². The molecule has 2 aromatic carbocycles. The summed E-state index contributed by atoms with van der Waals surface area (Å²) in [7, 11) is -3.68. The first kappa shape index (κ1) is 17.5. The molecule has 0 unspecified atom stereocenters. The number of anilines is 1. The normalized spacial score (nSPS) is 14.6. The summed E-state index contributed by atoms with van der Waals surface area (Å²) in [6.07, 6.45) is 2.05. The van der Waals surface area contributed by atoms with Crippen molar-refractivity contribution in [2.24, 2.45) is 0 Å². The summed E-state index contributed by atoms with van der Waals surface area (Å²) in [5, 5.41) is 0. The second kappa shape index (κ2) is 6.88. The summed E-state index contributed by atoms with van der Waals surface area (Å²) < 4.78 is 27.6. The van der Waals surface area contributed by atoms with E-state index in [1.54, 1.807) is 29.2 Å². The number of benzene rings is 2. The molecule has 132 valence electrons. The van der Waals surface area contributed by atoms with E-state index < -0.39 is 10.0 Å². The number of rotatable bonds is 4. The van der Waals surface area contributed by atoms with Crippen LogP contribution in [0.1, 0.15) is 34.3 Å². The molecule has 0 spiro atoms. The Morgan fingerprint density at radius 2 is 1.60 bits per heavy atom. The molecule has 1 saturated heterocycles. The van der Waals surface area contributed by atoms with Crippen LogP contribution in [0.3, 0.4) is 0 Å². The molecule has 0 saturated carbocycles. The average molecular weight is 358 g/mol. The number of amides is 1. The van der Waals surface area contributed by atoms with E-state index in [1.165, 1.54) is 12.1 Å². The van der Waals surface area contributed by atoms with Crippen LogP contribution < -0.4 is 4.72 Å². The van der Waals surface area contributed by atoms with Crippen molar-refractivity contribution in [2.75, 3.05) is 17.8 Å². The third-order valence-corrected chi connectivity index (χ3v) is 5.96. The van der Waals surface area contributed by atoms with E-state index in [4.69, 9.17) is 0 Å². The SMILES string of the molecule is Cc1ccc(NS(=O)(=O)c2ccc(C(=O)N3CCCC3)cc2)cc1C. The molecule has 1 N–H and O–H groups in total. The molecule has 3 rings (SSSR count). The Morgan fingerprint density at radius 3 is 2.20 bits per heavy atom. The van der Waals surface area contributed by atoms with Gasteiger partial charge in [-0.3, -0.25) is 9.52 Å². The second-order valence-corrected chi connectivity index (χ2v) is 8.11. The maximum Gasteiger partial charge on any atom is 0.261 e. The fourth-order valence-electron chi connectivity index (χ4n) is 2.90. The lowest BCUT2D eigenvalue weighted by atomic mass is 10.1. The van der Waals surface area contributed by atoms with Gasteiger partial charge in [0.25, 0.3) is 15.9 Å². The fourth-order valence-corrected chi connectivity index (χ4v) is 3.95. The topological polar surface area (TPSA) is 66.5 Å². The first-order valence-electron chi connectivity index (χ1n) is 8.36. The zero-order valence-electron chi connectivity index (χ0n) is 14.5. The summed E-state index contributed by atoms with van der Waals surface area (Å²) in [4.78, 5) is 14.3. The Kier molecular flexibility index (Phi) is 4.81. The highest BCUT2D eigenvalue weighted by atomic mass is 32.2. The first-order valence-corrected chi connectivity index (χ1v) is 9.84. The lowest BCUT2D eigenvalue weighted by molar-refractivity contribution is 0.0792. The molecule has 0 atom stereocenters. The maximum absolute atomic E-state index is 12.5. The molecular weight excluding hydrogens is 336 g/mol. The minimum atomic E-state index is -3.68. The zero-order valence-corrected chi connectivity index (χ0v) is 15.3. The lowest BCUT2D eigenvalue weighted by Gasteiger charge is -2.15. The number of likely N-dealkylation sites (tertiary alicyclic amines) is 1. The molecule has 1 aliphatic rings. The number of nitrogens with one attached hydrogen (secondary N) is 1. The van der Waals surface area contributed by atoms with Crippen molar-refractivity contribution < 1.29 is 13.2 Å². The van der Waals surface area contributed by atoms with Crippen molar-refractivity contribution >= 4 is 21.6 Å². The molecule has 0 aromatic heterocycles. The Labute approximate surface area is 148 Å². The lowest BCUT2D eigenvalue weighted by Crippen LogP contribution is -2.27. The number of hydrogen-bond acceptors (Lipinski definition) is 3. The smallest absolute Gasteiger partial charge is 0.261 e. The summed E-state index contributed by atoms with van der Waals surface area (Å²) >= 11 is 0. The van der Waals surface area contributed by atoms with Crippen molar-refractivity contribution in [2.45, 2.75) is 31.6 Å². The molecule has 0 aliphatic carbocycles. The summed E-state index contributed by atoms with van der Waals surface area (Å²) in [5.74, 6) is -0.0384. The van der Waals surface area contributed by atoms with Gasteiger partial charge < -0.3 is 4.90 Å². The molecule has 0 radical (unpaired) electrons. The third kappa shape index (κ3) is 3.85. The van der Waals surface area contributed by atoms with Gasteiger partial charge in [0.15, 0.2) is 0 Å². The Bertz CT molecular complexity index is 883. The summed E-state index contributed by atoms with van der Waals surface area (Å²) in [5.41, 5.74) is 3.17. The Hall–Kier alpha value is -2.34. The molecular formula is C19H22N2O3S. The van der Waals surface area contributed by atoms with Gasteiger partial charge in [-0.05, 0) is 74.2 Å². The van der Waals surface area contributed by atoms with Gasteiger partial charge >= 0.3 is 0 Å². The minimum absolute atomic E-state index is 0.0384. The van der Waals surface area contributed by atoms with Crippen molar-refractivity contribution in [3.63, 3.8) is 0 Å². The predicted octanol–water partition coefficient (Wildman–Crippen LogP) is 3.34. The van der Waals surface area contributed by atoms with Gasteiger partial charge in [-0.15, -0.1) is 0 Å². The molecule has 6 heteroatoms. The van der Waals surface area contributed by atoms with Crippen LogP contribution in [0.25, 0.3) is 0 Å². The standard InChI is InChI=1S/C19H22N2O3S/c1-14-5-8-17(13-15(14)2)20-25(23,24)18-9-6-16(7-10-18)19(22)21-11-3-4-12-21/h5-10,13,20H,3-4,11-12H2,1-2H3. The number of hydrogen-bond donors (Lipinski definition) is 1. The van der Waals surface area contributed by atoms with Crippen LogP contribution >= 0.6 is 0 Å². The van der Waals surface area contributed by atoms with Gasteiger partial charge in [-0.2, -0.15) is 0 Å². The van der Waals surface area contributed by atoms with Gasteiger partial charge in [0.1, 0.15) is 0 Å². The molecule has 1 aliphatic heterocycles. The van der Waals surface area contributed by atoms with Crippen LogP contribution in [-0.4, -0.2) is 32.3 Å². The van der Waals surface area contributed by atoms with E-state index in [9.17, 15) is 13.2 Å². The molecule has 2 aromatic rings. The summed E-state index contributed by atoms with van der Waals surface area (Å²) in [6, 6.07) is 11.5. The predicted molar refractivity (Wildman–Crippen MR) is 98.3 cm³/mol. The van der Waals surface area contributed by atoms with E-state index in [2.05, 4.69) is 4.72 Å². The fraction of sp³-hybridized carbons (Fsp3) is 0.316. The van der Waals surface area contributed by atoms with Crippen LogP contribution in [0.4, 0.5) is 5.69 Å². The highest BCUT2D eigenvalue weighted by Gasteiger charge is 2.20. The minimum Gasteiger partial charge on any atom is -0.339 e. The van der Waals surface area contributed by atoms with Crippen molar-refractivity contribution in [3.05, 3.63) is 59.2 Å². The van der Waals surface area contributed by atoms with E-state index in [1.807, 2.05) is 19.9 Å². The Morgan fingerprint density at radius 1 is 0.960 bits per heavy atom. The molecule has 1 fully saturated rings. The summed E-state index contributed by atoms with van der Waals surface area (Å²) in [6.45, 7) is 5.45. The van der Waals surface area contributed by atoms with Crippen molar-refractivity contribution in [3.8, 4) is 0 Å². The van der Waals surface area contributed by atoms with Gasteiger partial charge in [0, 0.05) is 24.3 Å². The van der Waals surface area contributed by atoms with Crippen LogP contribution in [0.2, 0.25) is 0 Å². The number of nitrogens with zero attached hydrogens (tertiary/aromatic N) is 1. The van der Waals surface area contributed by atoms with Gasteiger partial charge in [-0.25, -0.2) is 8.42 Å². The highest BCUT2D eigenvalue weighted by molar-refractivity contribution is 7.92. The maximum atomic E-state index is 12.5.